The molecule has 8 heteroatoms. The minimum atomic E-state index is -3.78. The van der Waals surface area contributed by atoms with E-state index < -0.39 is 28.3 Å². The number of carboxylic acid groups (broad SMARTS) is 1. The molecule has 0 aromatic heterocycles. The first kappa shape index (κ1) is 11.4. The van der Waals surface area contributed by atoms with Crippen LogP contribution in [0.5, 0.6) is 0 Å². The summed E-state index contributed by atoms with van der Waals surface area (Å²) in [4.78, 5) is 10.7. The smallest absolute Gasteiger partial charge is 0.322 e. The number of aliphatic hydroxyl groups is 1. The normalized spacial score (nSPS) is 29.3. The molecule has 0 aliphatic carbocycles. The first-order valence-corrected chi connectivity index (χ1v) is 5.43. The van der Waals surface area contributed by atoms with Crippen molar-refractivity contribution >= 4 is 16.2 Å². The number of hydrogen-bond acceptors (Lipinski definition) is 4. The minimum absolute atomic E-state index is 0.0732. The summed E-state index contributed by atoms with van der Waals surface area (Å²) in [7, 11) is -2.59. The van der Waals surface area contributed by atoms with Gasteiger partial charge in [0.1, 0.15) is 6.04 Å². The molecule has 0 aromatic rings. The molecule has 0 unspecified atom stereocenters. The highest BCUT2D eigenvalue weighted by atomic mass is 32.2. The van der Waals surface area contributed by atoms with Gasteiger partial charge < -0.3 is 10.2 Å². The number of hydrogen-bond donors (Lipinski definition) is 3. The predicted octanol–water partition coefficient (Wildman–Crippen LogP) is -2.03. The lowest BCUT2D eigenvalue weighted by molar-refractivity contribution is -0.140. The molecule has 0 radical (unpaired) electrons. The van der Waals surface area contributed by atoms with Crippen molar-refractivity contribution in [2.45, 2.75) is 18.6 Å². The highest BCUT2D eigenvalue weighted by molar-refractivity contribution is 7.87. The molecule has 1 heterocycles. The summed E-state index contributed by atoms with van der Waals surface area (Å²) in [6.07, 6.45) is -0.991. The fourth-order valence-electron chi connectivity index (χ4n) is 1.39. The van der Waals surface area contributed by atoms with Crippen LogP contribution in [0.3, 0.4) is 0 Å². The van der Waals surface area contributed by atoms with Crippen LogP contribution in [-0.4, -0.2) is 54.6 Å². The molecule has 1 fully saturated rings. The Kier molecular flexibility index (Phi) is 3.10. The van der Waals surface area contributed by atoms with Crippen molar-refractivity contribution in [2.24, 2.45) is 0 Å². The van der Waals surface area contributed by atoms with Crippen molar-refractivity contribution in [3.05, 3.63) is 0 Å². The van der Waals surface area contributed by atoms with E-state index in [1.54, 1.807) is 0 Å². The van der Waals surface area contributed by atoms with Gasteiger partial charge in [-0.3, -0.25) is 4.79 Å². The van der Waals surface area contributed by atoms with Gasteiger partial charge in [-0.1, -0.05) is 0 Å². The molecule has 82 valence electrons. The second kappa shape index (κ2) is 3.81. The molecule has 0 amide bonds. The van der Waals surface area contributed by atoms with Gasteiger partial charge in [0.2, 0.25) is 0 Å². The van der Waals surface area contributed by atoms with E-state index in [-0.39, 0.29) is 13.0 Å². The molecule has 0 spiro atoms. The fourth-order valence-corrected chi connectivity index (χ4v) is 2.51. The van der Waals surface area contributed by atoms with E-state index in [4.69, 9.17) is 5.11 Å². The molecule has 1 aliphatic rings. The van der Waals surface area contributed by atoms with Gasteiger partial charge in [-0.25, -0.2) is 4.72 Å². The Morgan fingerprint density at radius 2 is 2.14 bits per heavy atom. The number of nitrogens with one attached hydrogen (secondary N) is 1. The zero-order chi connectivity index (χ0) is 10.9. The Hall–Kier alpha value is -0.700. The molecule has 7 nitrogen and oxygen atoms in total. The second-order valence-electron chi connectivity index (χ2n) is 3.02. The van der Waals surface area contributed by atoms with Gasteiger partial charge in [-0.2, -0.15) is 12.7 Å². The molecule has 14 heavy (non-hydrogen) atoms. The van der Waals surface area contributed by atoms with Crippen LogP contribution in [-0.2, 0) is 15.0 Å². The number of β-amino-alcohol motifs (C(OH)–C–C–N with tert-alkyl or cyclic N) is 1. The summed E-state index contributed by atoms with van der Waals surface area (Å²) < 4.78 is 25.4. The minimum Gasteiger partial charge on any atom is -0.480 e. The van der Waals surface area contributed by atoms with E-state index in [0.717, 1.165) is 4.31 Å². The molecule has 1 rings (SSSR count). The molecule has 3 N–H and O–H groups in total. The van der Waals surface area contributed by atoms with Gasteiger partial charge in [0.15, 0.2) is 0 Å². The summed E-state index contributed by atoms with van der Waals surface area (Å²) in [5.74, 6) is -1.25. The van der Waals surface area contributed by atoms with Crippen molar-refractivity contribution in [2.75, 3.05) is 13.6 Å². The van der Waals surface area contributed by atoms with E-state index in [0.29, 0.717) is 0 Å². The van der Waals surface area contributed by atoms with E-state index in [2.05, 4.69) is 0 Å². The SMILES string of the molecule is CNS(=O)(=O)N1C[C@H](O)C[C@@H]1C(=O)O. The quantitative estimate of drug-likeness (QED) is 0.512. The zero-order valence-corrected chi connectivity index (χ0v) is 8.36. The van der Waals surface area contributed by atoms with Crippen LogP contribution >= 0.6 is 0 Å². The van der Waals surface area contributed by atoms with Crippen LogP contribution in [0.2, 0.25) is 0 Å². The van der Waals surface area contributed by atoms with Gasteiger partial charge >= 0.3 is 5.97 Å². The molecule has 2 atom stereocenters. The van der Waals surface area contributed by atoms with Crippen LogP contribution < -0.4 is 4.72 Å². The lowest BCUT2D eigenvalue weighted by Gasteiger charge is -2.19. The number of nitrogens with zero attached hydrogens (tertiary/aromatic N) is 1. The Bertz CT molecular complexity index is 327. The van der Waals surface area contributed by atoms with Crippen molar-refractivity contribution in [1.29, 1.82) is 0 Å². The monoisotopic (exact) mass is 224 g/mol. The van der Waals surface area contributed by atoms with Crippen LogP contribution in [0.15, 0.2) is 0 Å². The van der Waals surface area contributed by atoms with E-state index in [1.165, 1.54) is 7.05 Å². The van der Waals surface area contributed by atoms with Crippen molar-refractivity contribution < 1.29 is 23.4 Å². The predicted molar refractivity (Wildman–Crippen MR) is 46.7 cm³/mol. The Morgan fingerprint density at radius 1 is 1.57 bits per heavy atom. The fraction of sp³-hybridized carbons (Fsp3) is 0.833. The molecule has 1 saturated heterocycles. The van der Waals surface area contributed by atoms with Gasteiger partial charge in [0.25, 0.3) is 10.2 Å². The lowest BCUT2D eigenvalue weighted by atomic mass is 10.2. The highest BCUT2D eigenvalue weighted by Gasteiger charge is 2.42. The molecular weight excluding hydrogens is 212 g/mol. The van der Waals surface area contributed by atoms with Crippen LogP contribution in [0.25, 0.3) is 0 Å². The third-order valence-corrected chi connectivity index (χ3v) is 3.62. The maximum absolute atomic E-state index is 11.3. The summed E-state index contributed by atoms with van der Waals surface area (Å²) >= 11 is 0. The van der Waals surface area contributed by atoms with Crippen LogP contribution in [0.4, 0.5) is 0 Å². The van der Waals surface area contributed by atoms with Crippen molar-refractivity contribution in [3.8, 4) is 0 Å². The number of rotatable bonds is 3. The van der Waals surface area contributed by atoms with E-state index in [9.17, 15) is 18.3 Å². The van der Waals surface area contributed by atoms with Gasteiger partial charge in [-0.15, -0.1) is 0 Å². The first-order chi connectivity index (χ1) is 6.38. The third kappa shape index (κ3) is 2.03. The molecule has 0 bridgehead atoms. The molecule has 0 saturated carbocycles. The van der Waals surface area contributed by atoms with E-state index >= 15 is 0 Å². The standard InChI is InChI=1S/C6H12N2O5S/c1-7-14(12,13)8-3-4(9)2-5(8)6(10)11/h4-5,7,9H,2-3H2,1H3,(H,10,11)/t4-,5-/m1/s1. The molecule has 0 aromatic carbocycles. The lowest BCUT2D eigenvalue weighted by Crippen LogP contribution is -2.45. The Balaban J connectivity index is 2.93. The van der Waals surface area contributed by atoms with Crippen LogP contribution in [0, 0.1) is 0 Å². The summed E-state index contributed by atoms with van der Waals surface area (Å²) in [6.45, 7) is -0.180. The van der Waals surface area contributed by atoms with Crippen molar-refractivity contribution in [3.63, 3.8) is 0 Å². The largest absolute Gasteiger partial charge is 0.480 e. The number of carbonyl (C=O) groups is 1. The van der Waals surface area contributed by atoms with Crippen molar-refractivity contribution in [1.82, 2.24) is 9.03 Å². The second-order valence-corrected chi connectivity index (χ2v) is 4.85. The third-order valence-electron chi connectivity index (χ3n) is 2.09. The molecule has 1 aliphatic heterocycles. The number of carboxylic acids is 1. The topological polar surface area (TPSA) is 107 Å². The Morgan fingerprint density at radius 3 is 2.57 bits per heavy atom. The van der Waals surface area contributed by atoms with E-state index in [1.807, 2.05) is 4.72 Å². The maximum atomic E-state index is 11.3. The number of aliphatic hydroxyl groups excluding tert-OH is 1. The maximum Gasteiger partial charge on any atom is 0.322 e. The first-order valence-electron chi connectivity index (χ1n) is 3.99. The summed E-state index contributed by atoms with van der Waals surface area (Å²) in [6, 6.07) is -1.18. The highest BCUT2D eigenvalue weighted by Crippen LogP contribution is 2.20. The average Bonchev–Trinajstić information content (AvgIpc) is 2.48. The Labute approximate surface area is 81.5 Å². The zero-order valence-electron chi connectivity index (χ0n) is 7.54. The van der Waals surface area contributed by atoms with Gasteiger partial charge in [0.05, 0.1) is 6.10 Å². The average molecular weight is 224 g/mol. The van der Waals surface area contributed by atoms with Gasteiger partial charge in [-0.05, 0) is 0 Å². The van der Waals surface area contributed by atoms with Gasteiger partial charge in [0, 0.05) is 20.0 Å². The summed E-state index contributed by atoms with van der Waals surface area (Å²) in [5.41, 5.74) is 0. The van der Waals surface area contributed by atoms with Crippen LogP contribution in [0.1, 0.15) is 6.42 Å². The number of aliphatic carboxylic acids is 1. The summed E-state index contributed by atoms with van der Waals surface area (Å²) in [5, 5.41) is 17.9. The molecular formula is C6H12N2O5S.